The van der Waals surface area contributed by atoms with Crippen LogP contribution in [-0.4, -0.2) is 22.5 Å². The molecule has 0 saturated carbocycles. The molecular formula is C45H28N4OS. The average molecular weight is 673 g/mol. The summed E-state index contributed by atoms with van der Waals surface area (Å²) in [6.45, 7) is 0. The summed E-state index contributed by atoms with van der Waals surface area (Å²) in [7, 11) is 1.85. The minimum atomic E-state index is 0.888. The van der Waals surface area contributed by atoms with Gasteiger partial charge < -0.3 is 8.98 Å². The SMILES string of the molecule is CN=c1cccc2sc3ccccc3c(N=Cn3c4ccccc4c4c5oc6c(ccc7c6c6ccccc6n7-c6ccccc6)c5ccc43)c1-2. The molecule has 0 unspecified atom stereocenters. The number of aromatic nitrogens is 2. The molecule has 0 saturated heterocycles. The molecule has 6 aromatic carbocycles. The maximum absolute atomic E-state index is 7.08. The number of para-hydroxylation sites is 3. The van der Waals surface area contributed by atoms with Gasteiger partial charge in [0.2, 0.25) is 0 Å². The minimum absolute atomic E-state index is 0.888. The fourth-order valence-corrected chi connectivity index (χ4v) is 9.20. The van der Waals surface area contributed by atoms with E-state index in [1.54, 1.807) is 11.3 Å². The number of furan rings is 1. The number of nitrogens with zero attached hydrogens (tertiary/aromatic N) is 4. The molecule has 0 bridgehead atoms. The van der Waals surface area contributed by atoms with Gasteiger partial charge >= 0.3 is 0 Å². The zero-order valence-corrected chi connectivity index (χ0v) is 28.4. The summed E-state index contributed by atoms with van der Waals surface area (Å²) in [6.07, 6.45) is 1.98. The van der Waals surface area contributed by atoms with E-state index in [0.717, 1.165) is 92.7 Å². The average Bonchev–Trinajstić information content (AvgIpc) is 3.84. The first-order chi connectivity index (χ1) is 25.3. The van der Waals surface area contributed by atoms with Crippen LogP contribution in [0.3, 0.4) is 0 Å². The van der Waals surface area contributed by atoms with E-state index in [1.807, 2.05) is 13.4 Å². The van der Waals surface area contributed by atoms with E-state index < -0.39 is 0 Å². The first kappa shape index (κ1) is 28.3. The Balaban J connectivity index is 1.20. The van der Waals surface area contributed by atoms with E-state index in [0.29, 0.717) is 0 Å². The number of aliphatic imine (C=N–C) groups is 1. The molecule has 1 aliphatic carbocycles. The molecule has 240 valence electrons. The van der Waals surface area contributed by atoms with Crippen molar-refractivity contribution in [3.05, 3.63) is 151 Å². The molecule has 0 spiro atoms. The van der Waals surface area contributed by atoms with Crippen molar-refractivity contribution in [3.8, 4) is 16.1 Å². The number of hydrogen-bond acceptors (Lipinski definition) is 4. The van der Waals surface area contributed by atoms with Gasteiger partial charge in [-0.1, -0.05) is 78.9 Å². The third kappa shape index (κ3) is 3.96. The van der Waals surface area contributed by atoms with Crippen molar-refractivity contribution in [2.24, 2.45) is 9.98 Å². The summed E-state index contributed by atoms with van der Waals surface area (Å²) >= 11 is 1.77. The molecule has 0 radical (unpaired) electrons. The Labute approximate surface area is 295 Å². The zero-order chi connectivity index (χ0) is 33.6. The Bertz CT molecular complexity index is 3270. The monoisotopic (exact) mass is 672 g/mol. The zero-order valence-electron chi connectivity index (χ0n) is 27.5. The number of fused-ring (bicyclic) bond motifs is 13. The molecule has 6 heteroatoms. The van der Waals surface area contributed by atoms with Crippen LogP contribution >= 0.6 is 11.3 Å². The molecule has 0 fully saturated rings. The summed E-state index contributed by atoms with van der Waals surface area (Å²) in [4.78, 5) is 11.1. The van der Waals surface area contributed by atoms with Crippen LogP contribution < -0.4 is 5.36 Å². The van der Waals surface area contributed by atoms with Crippen LogP contribution in [0.2, 0.25) is 0 Å². The molecule has 51 heavy (non-hydrogen) atoms. The first-order valence-electron chi connectivity index (χ1n) is 17.1. The quantitative estimate of drug-likeness (QED) is 0.105. The van der Waals surface area contributed by atoms with Crippen LogP contribution in [-0.2, 0) is 0 Å². The topological polar surface area (TPSA) is 47.7 Å². The maximum Gasteiger partial charge on any atom is 0.145 e. The van der Waals surface area contributed by atoms with Crippen LogP contribution in [0.1, 0.15) is 0 Å². The van der Waals surface area contributed by atoms with Crippen molar-refractivity contribution in [1.29, 1.82) is 0 Å². The molecule has 0 atom stereocenters. The molecule has 1 aliphatic heterocycles. The van der Waals surface area contributed by atoms with Crippen LogP contribution in [0.5, 0.6) is 0 Å². The minimum Gasteiger partial charge on any atom is -0.455 e. The molecule has 4 heterocycles. The van der Waals surface area contributed by atoms with Crippen molar-refractivity contribution in [2.75, 3.05) is 7.05 Å². The van der Waals surface area contributed by atoms with Crippen LogP contribution in [0.4, 0.5) is 5.69 Å². The fraction of sp³-hybridized carbons (Fsp3) is 0.0222. The lowest BCUT2D eigenvalue weighted by Crippen LogP contribution is -2.06. The van der Waals surface area contributed by atoms with Crippen molar-refractivity contribution >= 4 is 99.0 Å². The molecule has 0 N–H and O–H groups in total. The van der Waals surface area contributed by atoms with E-state index in [9.17, 15) is 0 Å². The summed E-state index contributed by atoms with van der Waals surface area (Å²) in [5, 5.41) is 8.78. The third-order valence-electron chi connectivity index (χ3n) is 10.3. The highest BCUT2D eigenvalue weighted by atomic mass is 32.1. The summed E-state index contributed by atoms with van der Waals surface area (Å²) in [5.74, 6) is 0. The third-order valence-corrected chi connectivity index (χ3v) is 11.4. The predicted octanol–water partition coefficient (Wildman–Crippen LogP) is 11.8. The van der Waals surface area contributed by atoms with Crippen LogP contribution in [0.15, 0.2) is 160 Å². The summed E-state index contributed by atoms with van der Waals surface area (Å²) in [5.41, 5.74) is 9.32. The van der Waals surface area contributed by atoms with E-state index in [-0.39, 0.29) is 0 Å². The molecule has 11 rings (SSSR count). The lowest BCUT2D eigenvalue weighted by molar-refractivity contribution is 0.677. The normalized spacial score (nSPS) is 12.8. The van der Waals surface area contributed by atoms with Crippen molar-refractivity contribution in [2.45, 2.75) is 0 Å². The Hall–Kier alpha value is -6.50. The Kier molecular flexibility index (Phi) is 5.97. The smallest absolute Gasteiger partial charge is 0.145 e. The molecule has 2 aliphatic rings. The van der Waals surface area contributed by atoms with Gasteiger partial charge in [0, 0.05) is 54.8 Å². The standard InChI is InChI=1S/C45H28N4OS/c1-46-33-17-11-21-39-42(33)43(32-16-7-10-20-38(32)51-39)47-26-48-34-18-8-5-14-30(34)40-36(48)24-22-28-29-23-25-37-41(45(29)50-44(28)40)31-15-6-9-19-35(31)49(37)27-12-3-2-4-13-27/h2-26H,1H3. The number of benzene rings is 7. The lowest BCUT2D eigenvalue weighted by atomic mass is 10.1. The Morgan fingerprint density at radius 2 is 1.20 bits per heavy atom. The van der Waals surface area contributed by atoms with Gasteiger partial charge in [-0.05, 0) is 66.7 Å². The lowest BCUT2D eigenvalue weighted by Gasteiger charge is -2.12. The number of hydrogen-bond donors (Lipinski definition) is 0. The van der Waals surface area contributed by atoms with Gasteiger partial charge in [0.25, 0.3) is 0 Å². The molecule has 5 nitrogen and oxygen atoms in total. The van der Waals surface area contributed by atoms with Gasteiger partial charge in [0.15, 0.2) is 0 Å². The van der Waals surface area contributed by atoms with E-state index in [1.165, 1.54) is 10.1 Å². The van der Waals surface area contributed by atoms with Gasteiger partial charge in [-0.3, -0.25) is 9.56 Å². The van der Waals surface area contributed by atoms with Gasteiger partial charge in [0.05, 0.1) is 43.9 Å². The summed E-state index contributed by atoms with van der Waals surface area (Å²) in [6, 6.07) is 51.4. The summed E-state index contributed by atoms with van der Waals surface area (Å²) < 4.78 is 12.8. The van der Waals surface area contributed by atoms with Crippen LogP contribution in [0.25, 0.3) is 91.8 Å². The van der Waals surface area contributed by atoms with Gasteiger partial charge in [0.1, 0.15) is 17.5 Å². The Morgan fingerprint density at radius 3 is 1.98 bits per heavy atom. The predicted molar refractivity (Wildman–Crippen MR) is 215 cm³/mol. The van der Waals surface area contributed by atoms with Gasteiger partial charge in [-0.25, -0.2) is 4.99 Å². The molecule has 0 amide bonds. The van der Waals surface area contributed by atoms with E-state index in [4.69, 9.17) is 9.41 Å². The second-order valence-corrected chi connectivity index (χ2v) is 14.0. The number of rotatable bonds is 3. The van der Waals surface area contributed by atoms with Gasteiger partial charge in [-0.2, -0.15) is 0 Å². The highest BCUT2D eigenvalue weighted by Crippen LogP contribution is 2.45. The second kappa shape index (κ2) is 10.7. The van der Waals surface area contributed by atoms with Crippen molar-refractivity contribution < 1.29 is 4.42 Å². The van der Waals surface area contributed by atoms with Crippen molar-refractivity contribution in [1.82, 2.24) is 9.13 Å². The van der Waals surface area contributed by atoms with Gasteiger partial charge in [-0.15, -0.1) is 11.3 Å². The largest absolute Gasteiger partial charge is 0.455 e. The molecular weight excluding hydrogens is 645 g/mol. The Morgan fingerprint density at radius 1 is 0.549 bits per heavy atom. The molecule has 3 aromatic heterocycles. The molecule has 9 aromatic rings. The van der Waals surface area contributed by atoms with E-state index in [2.05, 4.69) is 160 Å². The highest BCUT2D eigenvalue weighted by Gasteiger charge is 2.22. The first-order valence-corrected chi connectivity index (χ1v) is 17.9. The fourth-order valence-electron chi connectivity index (χ4n) is 8.09. The second-order valence-electron chi connectivity index (χ2n) is 12.9. The van der Waals surface area contributed by atoms with Crippen LogP contribution in [0, 0.1) is 0 Å². The highest BCUT2D eigenvalue weighted by molar-refractivity contribution is 7.21. The van der Waals surface area contributed by atoms with E-state index >= 15 is 0 Å². The maximum atomic E-state index is 7.08. The van der Waals surface area contributed by atoms with Crippen molar-refractivity contribution in [3.63, 3.8) is 0 Å².